The Morgan fingerprint density at radius 3 is 2.48 bits per heavy atom. The molecule has 1 heterocycles. The van der Waals surface area contributed by atoms with Gasteiger partial charge in [-0.1, -0.05) is 20.8 Å². The Kier molecular flexibility index (Phi) is 4.92. The summed E-state index contributed by atoms with van der Waals surface area (Å²) >= 11 is 3.36. The van der Waals surface area contributed by atoms with E-state index in [0.717, 1.165) is 31.7 Å². The van der Waals surface area contributed by atoms with Crippen LogP contribution in [0, 0.1) is 16.7 Å². The summed E-state index contributed by atoms with van der Waals surface area (Å²) < 4.78 is 0.584. The summed E-state index contributed by atoms with van der Waals surface area (Å²) in [4.78, 5) is 2.39. The van der Waals surface area contributed by atoms with Crippen LogP contribution in [0.2, 0.25) is 0 Å². The second-order valence-electron chi connectivity index (χ2n) is 6.56. The number of phenols is 1. The maximum Gasteiger partial charge on any atom is 0.134 e. The van der Waals surface area contributed by atoms with Crippen molar-refractivity contribution < 1.29 is 5.11 Å². The summed E-state index contributed by atoms with van der Waals surface area (Å²) in [6.45, 7) is 10.3. The quantitative estimate of drug-likeness (QED) is 0.859. The highest BCUT2D eigenvalue weighted by molar-refractivity contribution is 9.10. The standard InChI is InChI=1S/C16H22BrN3O/c1-16(2,3)15(20-6-4-19-5-7-20)12-8-11(10-18)9-13(17)14(12)21/h8-9,15,19,21H,4-7H2,1-3H3/t15-/m0/s1. The fourth-order valence-electron chi connectivity index (χ4n) is 3.04. The number of nitriles is 1. The van der Waals surface area contributed by atoms with Gasteiger partial charge in [0.2, 0.25) is 0 Å². The van der Waals surface area contributed by atoms with Crippen molar-refractivity contribution in [3.8, 4) is 11.8 Å². The van der Waals surface area contributed by atoms with Crippen LogP contribution >= 0.6 is 15.9 Å². The van der Waals surface area contributed by atoms with Gasteiger partial charge in [0.05, 0.1) is 16.1 Å². The molecule has 21 heavy (non-hydrogen) atoms. The second kappa shape index (κ2) is 6.35. The minimum atomic E-state index is -0.0393. The van der Waals surface area contributed by atoms with Gasteiger partial charge in [0.15, 0.2) is 0 Å². The van der Waals surface area contributed by atoms with Crippen molar-refractivity contribution in [1.82, 2.24) is 10.2 Å². The van der Waals surface area contributed by atoms with Gasteiger partial charge < -0.3 is 10.4 Å². The Morgan fingerprint density at radius 1 is 1.33 bits per heavy atom. The van der Waals surface area contributed by atoms with Gasteiger partial charge in [-0.15, -0.1) is 0 Å². The maximum absolute atomic E-state index is 10.5. The average molecular weight is 352 g/mol. The highest BCUT2D eigenvalue weighted by Gasteiger charge is 2.35. The van der Waals surface area contributed by atoms with Crippen LogP contribution in [0.3, 0.4) is 0 Å². The molecule has 4 nitrogen and oxygen atoms in total. The van der Waals surface area contributed by atoms with Gasteiger partial charge in [0, 0.05) is 37.8 Å². The van der Waals surface area contributed by atoms with Crippen molar-refractivity contribution in [2.75, 3.05) is 26.2 Å². The van der Waals surface area contributed by atoms with Gasteiger partial charge in [0.25, 0.3) is 0 Å². The molecule has 0 spiro atoms. The summed E-state index contributed by atoms with van der Waals surface area (Å²) in [5, 5.41) is 23.0. The predicted octanol–water partition coefficient (Wildman–Crippen LogP) is 3.02. The molecule has 114 valence electrons. The number of hydrogen-bond donors (Lipinski definition) is 2. The molecule has 1 saturated heterocycles. The number of halogens is 1. The number of rotatable bonds is 2. The Balaban J connectivity index is 2.51. The fourth-order valence-corrected chi connectivity index (χ4v) is 3.52. The smallest absolute Gasteiger partial charge is 0.134 e. The van der Waals surface area contributed by atoms with Crippen LogP contribution in [-0.4, -0.2) is 36.2 Å². The van der Waals surface area contributed by atoms with E-state index in [-0.39, 0.29) is 17.2 Å². The summed E-state index contributed by atoms with van der Waals surface area (Å²) in [7, 11) is 0. The molecule has 0 radical (unpaired) electrons. The molecule has 1 fully saturated rings. The van der Waals surface area contributed by atoms with E-state index in [4.69, 9.17) is 0 Å². The van der Waals surface area contributed by atoms with Crippen LogP contribution in [-0.2, 0) is 0 Å². The third-order valence-corrected chi connectivity index (χ3v) is 4.46. The van der Waals surface area contributed by atoms with E-state index in [1.54, 1.807) is 6.07 Å². The summed E-state index contributed by atoms with van der Waals surface area (Å²) in [6.07, 6.45) is 0. The molecule has 0 unspecified atom stereocenters. The zero-order valence-corrected chi connectivity index (χ0v) is 14.4. The zero-order chi connectivity index (χ0) is 15.6. The van der Waals surface area contributed by atoms with E-state index >= 15 is 0 Å². The lowest BCUT2D eigenvalue weighted by atomic mass is 9.80. The molecule has 0 bridgehead atoms. The molecule has 1 aromatic rings. The maximum atomic E-state index is 10.5. The molecule has 2 N–H and O–H groups in total. The molecule has 2 rings (SSSR count). The van der Waals surface area contributed by atoms with Crippen molar-refractivity contribution in [2.45, 2.75) is 26.8 Å². The third kappa shape index (κ3) is 3.57. The topological polar surface area (TPSA) is 59.3 Å². The van der Waals surface area contributed by atoms with Crippen LogP contribution in [0.5, 0.6) is 5.75 Å². The van der Waals surface area contributed by atoms with Crippen molar-refractivity contribution in [1.29, 1.82) is 5.26 Å². The molecule has 1 atom stereocenters. The molecule has 0 aromatic heterocycles. The summed E-state index contributed by atoms with van der Waals surface area (Å²) in [5.41, 5.74) is 1.36. The first-order chi connectivity index (χ1) is 9.84. The first-order valence-corrected chi connectivity index (χ1v) is 8.01. The molecule has 1 aliphatic heterocycles. The molecule has 0 aliphatic carbocycles. The molecule has 5 heteroatoms. The van der Waals surface area contributed by atoms with E-state index < -0.39 is 0 Å². The van der Waals surface area contributed by atoms with E-state index in [1.165, 1.54) is 0 Å². The van der Waals surface area contributed by atoms with Gasteiger partial charge in [0.1, 0.15) is 5.75 Å². The van der Waals surface area contributed by atoms with Gasteiger partial charge in [-0.25, -0.2) is 0 Å². The lowest BCUT2D eigenvalue weighted by molar-refractivity contribution is 0.0841. The first-order valence-electron chi connectivity index (χ1n) is 7.22. The van der Waals surface area contributed by atoms with Gasteiger partial charge in [-0.3, -0.25) is 4.90 Å². The van der Waals surface area contributed by atoms with E-state index in [9.17, 15) is 10.4 Å². The van der Waals surface area contributed by atoms with Crippen LogP contribution in [0.25, 0.3) is 0 Å². The Labute approximate surface area is 134 Å². The van der Waals surface area contributed by atoms with Crippen molar-refractivity contribution >= 4 is 15.9 Å². The number of piperazine rings is 1. The summed E-state index contributed by atoms with van der Waals surface area (Å²) in [5.74, 6) is 0.243. The van der Waals surface area contributed by atoms with E-state index in [1.807, 2.05) is 6.07 Å². The fraction of sp³-hybridized carbons (Fsp3) is 0.562. The normalized spacial score (nSPS) is 18.2. The third-order valence-electron chi connectivity index (χ3n) is 3.85. The largest absolute Gasteiger partial charge is 0.506 e. The molecule has 1 aromatic carbocycles. The first kappa shape index (κ1) is 16.3. The molecule has 1 aliphatic rings. The van der Waals surface area contributed by atoms with Crippen LogP contribution in [0.1, 0.15) is 37.9 Å². The van der Waals surface area contributed by atoms with Gasteiger partial charge in [-0.2, -0.15) is 5.26 Å². The van der Waals surface area contributed by atoms with Crippen molar-refractivity contribution in [3.63, 3.8) is 0 Å². The second-order valence-corrected chi connectivity index (χ2v) is 7.42. The SMILES string of the molecule is CC(C)(C)[C@H](c1cc(C#N)cc(Br)c1O)N1CCNCC1. The van der Waals surface area contributed by atoms with E-state index in [0.29, 0.717) is 10.0 Å². The lowest BCUT2D eigenvalue weighted by Crippen LogP contribution is -2.48. The Bertz CT molecular complexity index is 554. The Morgan fingerprint density at radius 2 is 1.95 bits per heavy atom. The monoisotopic (exact) mass is 351 g/mol. The molecule has 0 saturated carbocycles. The number of aromatic hydroxyl groups is 1. The number of phenolic OH excluding ortho intramolecular Hbond substituents is 1. The lowest BCUT2D eigenvalue weighted by Gasteiger charge is -2.43. The van der Waals surface area contributed by atoms with Gasteiger partial charge in [-0.05, 0) is 33.5 Å². The minimum absolute atomic E-state index is 0.0393. The van der Waals surface area contributed by atoms with Crippen LogP contribution < -0.4 is 5.32 Å². The average Bonchev–Trinajstić information content (AvgIpc) is 2.43. The highest BCUT2D eigenvalue weighted by atomic mass is 79.9. The highest BCUT2D eigenvalue weighted by Crippen LogP contribution is 2.44. The number of benzene rings is 1. The molecule has 0 amide bonds. The van der Waals surface area contributed by atoms with Crippen LogP contribution in [0.15, 0.2) is 16.6 Å². The van der Waals surface area contributed by atoms with E-state index in [2.05, 4.69) is 53.0 Å². The number of nitrogens with zero attached hydrogens (tertiary/aromatic N) is 2. The van der Waals surface area contributed by atoms with Crippen LogP contribution in [0.4, 0.5) is 0 Å². The van der Waals surface area contributed by atoms with Gasteiger partial charge >= 0.3 is 0 Å². The summed E-state index contributed by atoms with van der Waals surface area (Å²) in [6, 6.07) is 5.73. The zero-order valence-electron chi connectivity index (χ0n) is 12.8. The Hall–Kier alpha value is -1.09. The number of nitrogens with one attached hydrogen (secondary N) is 1. The molecular formula is C16H22BrN3O. The molecular weight excluding hydrogens is 330 g/mol. The minimum Gasteiger partial charge on any atom is -0.506 e. The van der Waals surface area contributed by atoms with Crippen molar-refractivity contribution in [3.05, 3.63) is 27.7 Å². The number of hydrogen-bond acceptors (Lipinski definition) is 4. The predicted molar refractivity (Wildman–Crippen MR) is 87.2 cm³/mol. The van der Waals surface area contributed by atoms with Crippen molar-refractivity contribution in [2.24, 2.45) is 5.41 Å².